The fraction of sp³-hybridized carbons (Fsp3) is 0.368. The zero-order valence-electron chi connectivity index (χ0n) is 14.0. The molecular weight excluding hydrogens is 288 g/mol. The van der Waals surface area contributed by atoms with Crippen LogP contribution in [0.15, 0.2) is 48.7 Å². The highest BCUT2D eigenvalue weighted by Crippen LogP contribution is 2.16. The van der Waals surface area contributed by atoms with Gasteiger partial charge in [0, 0.05) is 25.0 Å². The van der Waals surface area contributed by atoms with Gasteiger partial charge in [0.15, 0.2) is 0 Å². The number of rotatable bonds is 6. The van der Waals surface area contributed by atoms with E-state index in [1.807, 2.05) is 50.2 Å². The van der Waals surface area contributed by atoms with Gasteiger partial charge in [0.25, 0.3) is 5.91 Å². The lowest BCUT2D eigenvalue weighted by molar-refractivity contribution is 0.0135. The van der Waals surface area contributed by atoms with Gasteiger partial charge in [0.1, 0.15) is 0 Å². The maximum Gasteiger partial charge on any atom is 0.255 e. The van der Waals surface area contributed by atoms with Crippen LogP contribution in [0, 0.1) is 6.92 Å². The predicted octanol–water partition coefficient (Wildman–Crippen LogP) is 3.19. The van der Waals surface area contributed by atoms with Crippen LogP contribution >= 0.6 is 0 Å². The fourth-order valence-electron chi connectivity index (χ4n) is 2.30. The Morgan fingerprint density at radius 1 is 1.22 bits per heavy atom. The van der Waals surface area contributed by atoms with Crippen LogP contribution in [0.2, 0.25) is 0 Å². The lowest BCUT2D eigenvalue weighted by atomic mass is 10.0. The Morgan fingerprint density at radius 3 is 2.48 bits per heavy atom. The summed E-state index contributed by atoms with van der Waals surface area (Å²) in [6, 6.07) is 13.4. The van der Waals surface area contributed by atoms with E-state index in [-0.39, 0.29) is 12.5 Å². The minimum Gasteiger partial charge on any atom is -0.388 e. The molecule has 0 radical (unpaired) electrons. The molecule has 2 rings (SSSR count). The van der Waals surface area contributed by atoms with Gasteiger partial charge < -0.3 is 10.0 Å². The van der Waals surface area contributed by atoms with Gasteiger partial charge in [-0.3, -0.25) is 9.78 Å². The zero-order valence-corrected chi connectivity index (χ0v) is 14.0. The SMILES string of the molecule is CC[C@](C)(O)CN(Cc1ccccc1)C(=O)c1ccc(C)nc1. The van der Waals surface area contributed by atoms with Crippen molar-refractivity contribution in [1.29, 1.82) is 0 Å². The third-order valence-electron chi connectivity index (χ3n) is 3.95. The Morgan fingerprint density at radius 2 is 1.91 bits per heavy atom. The summed E-state index contributed by atoms with van der Waals surface area (Å²) in [7, 11) is 0. The van der Waals surface area contributed by atoms with Crippen LogP contribution < -0.4 is 0 Å². The summed E-state index contributed by atoms with van der Waals surface area (Å²) in [5, 5.41) is 10.4. The number of amides is 1. The van der Waals surface area contributed by atoms with E-state index in [1.54, 1.807) is 24.1 Å². The summed E-state index contributed by atoms with van der Waals surface area (Å²) < 4.78 is 0. The van der Waals surface area contributed by atoms with E-state index in [4.69, 9.17) is 0 Å². The van der Waals surface area contributed by atoms with E-state index < -0.39 is 5.60 Å². The number of pyridine rings is 1. The normalized spacial score (nSPS) is 13.4. The standard InChI is InChI=1S/C19H24N2O2/c1-4-19(3,23)14-21(13-16-8-6-5-7-9-16)18(22)17-11-10-15(2)20-12-17/h5-12,23H,4,13-14H2,1-3H3/t19-/m0/s1. The molecule has 0 aliphatic rings. The number of hydrogen-bond donors (Lipinski definition) is 1. The minimum atomic E-state index is -0.914. The number of aliphatic hydroxyl groups is 1. The van der Waals surface area contributed by atoms with Crippen molar-refractivity contribution in [3.8, 4) is 0 Å². The van der Waals surface area contributed by atoms with Crippen LogP contribution in [0.5, 0.6) is 0 Å². The van der Waals surface area contributed by atoms with Crippen molar-refractivity contribution in [1.82, 2.24) is 9.88 Å². The summed E-state index contributed by atoms with van der Waals surface area (Å²) in [5.41, 5.74) is 1.53. The first-order valence-electron chi connectivity index (χ1n) is 7.89. The molecule has 0 spiro atoms. The van der Waals surface area contributed by atoms with E-state index in [9.17, 15) is 9.90 Å². The number of benzene rings is 1. The summed E-state index contributed by atoms with van der Waals surface area (Å²) in [6.07, 6.45) is 2.17. The van der Waals surface area contributed by atoms with Crippen molar-refractivity contribution < 1.29 is 9.90 Å². The Labute approximate surface area is 137 Å². The Kier molecular flexibility index (Phi) is 5.50. The first-order chi connectivity index (χ1) is 10.9. The highest BCUT2D eigenvalue weighted by atomic mass is 16.3. The molecule has 1 amide bonds. The monoisotopic (exact) mass is 312 g/mol. The van der Waals surface area contributed by atoms with E-state index in [0.29, 0.717) is 18.5 Å². The molecule has 4 nitrogen and oxygen atoms in total. The van der Waals surface area contributed by atoms with Gasteiger partial charge in [-0.1, -0.05) is 37.3 Å². The second-order valence-electron chi connectivity index (χ2n) is 6.19. The average molecular weight is 312 g/mol. The van der Waals surface area contributed by atoms with Gasteiger partial charge in [-0.15, -0.1) is 0 Å². The predicted molar refractivity (Wildman–Crippen MR) is 91.1 cm³/mol. The third kappa shape index (κ3) is 4.89. The second kappa shape index (κ2) is 7.38. The smallest absolute Gasteiger partial charge is 0.255 e. The summed E-state index contributed by atoms with van der Waals surface area (Å²) >= 11 is 0. The van der Waals surface area contributed by atoms with Gasteiger partial charge in [-0.2, -0.15) is 0 Å². The van der Waals surface area contributed by atoms with Crippen LogP contribution in [-0.4, -0.2) is 33.0 Å². The van der Waals surface area contributed by atoms with Crippen molar-refractivity contribution in [2.75, 3.05) is 6.54 Å². The first-order valence-corrected chi connectivity index (χ1v) is 7.89. The first kappa shape index (κ1) is 17.2. The molecule has 1 N–H and O–H groups in total. The minimum absolute atomic E-state index is 0.116. The van der Waals surface area contributed by atoms with Gasteiger partial charge in [-0.05, 0) is 38.0 Å². The molecule has 0 bridgehead atoms. The molecule has 23 heavy (non-hydrogen) atoms. The maximum absolute atomic E-state index is 12.8. The van der Waals surface area contributed by atoms with E-state index in [0.717, 1.165) is 11.3 Å². The molecule has 1 atom stereocenters. The molecule has 1 aromatic heterocycles. The van der Waals surface area contributed by atoms with E-state index in [1.165, 1.54) is 0 Å². The Bertz CT molecular complexity index is 636. The van der Waals surface area contributed by atoms with Crippen molar-refractivity contribution >= 4 is 5.91 Å². The van der Waals surface area contributed by atoms with Gasteiger partial charge >= 0.3 is 0 Å². The van der Waals surface area contributed by atoms with Crippen LogP contribution in [0.25, 0.3) is 0 Å². The molecule has 122 valence electrons. The number of carbonyl (C=O) groups is 1. The van der Waals surface area contributed by atoms with Crippen LogP contribution in [0.1, 0.15) is 41.9 Å². The largest absolute Gasteiger partial charge is 0.388 e. The zero-order chi connectivity index (χ0) is 16.9. The molecular formula is C19H24N2O2. The number of hydrogen-bond acceptors (Lipinski definition) is 3. The molecule has 1 aromatic carbocycles. The number of aromatic nitrogens is 1. The molecule has 0 unspecified atom stereocenters. The molecule has 0 aliphatic carbocycles. The third-order valence-corrected chi connectivity index (χ3v) is 3.95. The molecule has 1 heterocycles. The highest BCUT2D eigenvalue weighted by molar-refractivity contribution is 5.94. The van der Waals surface area contributed by atoms with Gasteiger partial charge in [0.05, 0.1) is 11.2 Å². The number of nitrogens with zero attached hydrogens (tertiary/aromatic N) is 2. The highest BCUT2D eigenvalue weighted by Gasteiger charge is 2.26. The summed E-state index contributed by atoms with van der Waals surface area (Å²) in [5.74, 6) is -0.116. The second-order valence-corrected chi connectivity index (χ2v) is 6.19. The summed E-state index contributed by atoms with van der Waals surface area (Å²) in [6.45, 7) is 6.30. The Balaban J connectivity index is 2.24. The van der Waals surface area contributed by atoms with Crippen molar-refractivity contribution in [3.63, 3.8) is 0 Å². The summed E-state index contributed by atoms with van der Waals surface area (Å²) in [4.78, 5) is 18.7. The molecule has 0 fully saturated rings. The lowest BCUT2D eigenvalue weighted by Gasteiger charge is -2.31. The molecule has 0 saturated carbocycles. The fourth-order valence-corrected chi connectivity index (χ4v) is 2.30. The number of aryl methyl sites for hydroxylation is 1. The molecule has 0 aliphatic heterocycles. The maximum atomic E-state index is 12.8. The topological polar surface area (TPSA) is 53.4 Å². The average Bonchev–Trinajstić information content (AvgIpc) is 2.55. The van der Waals surface area contributed by atoms with Crippen molar-refractivity contribution in [2.45, 2.75) is 39.3 Å². The molecule has 0 saturated heterocycles. The van der Waals surface area contributed by atoms with Crippen molar-refractivity contribution in [2.24, 2.45) is 0 Å². The Hall–Kier alpha value is -2.20. The van der Waals surface area contributed by atoms with Crippen LogP contribution in [0.3, 0.4) is 0 Å². The molecule has 2 aromatic rings. The van der Waals surface area contributed by atoms with Gasteiger partial charge in [0.2, 0.25) is 0 Å². The van der Waals surface area contributed by atoms with Crippen LogP contribution in [-0.2, 0) is 6.54 Å². The van der Waals surface area contributed by atoms with Crippen LogP contribution in [0.4, 0.5) is 0 Å². The lowest BCUT2D eigenvalue weighted by Crippen LogP contribution is -2.43. The number of carbonyl (C=O) groups excluding carboxylic acids is 1. The van der Waals surface area contributed by atoms with E-state index in [2.05, 4.69) is 4.98 Å². The van der Waals surface area contributed by atoms with Gasteiger partial charge in [-0.25, -0.2) is 0 Å². The van der Waals surface area contributed by atoms with E-state index >= 15 is 0 Å². The van der Waals surface area contributed by atoms with Crippen molar-refractivity contribution in [3.05, 3.63) is 65.5 Å². The quantitative estimate of drug-likeness (QED) is 0.891. The molecule has 4 heteroatoms.